The molecule has 11 heteroatoms. The van der Waals surface area contributed by atoms with Crippen molar-refractivity contribution < 1.29 is 31.1 Å². The van der Waals surface area contributed by atoms with Crippen molar-refractivity contribution in [2.24, 2.45) is 0 Å². The minimum atomic E-state index is -3.66. The van der Waals surface area contributed by atoms with E-state index in [-0.39, 0.29) is 33.9 Å². The lowest BCUT2D eigenvalue weighted by Gasteiger charge is -2.31. The predicted octanol–water partition coefficient (Wildman–Crippen LogP) is 2.10. The van der Waals surface area contributed by atoms with Crippen molar-refractivity contribution in [2.75, 3.05) is 39.1 Å². The number of sulfone groups is 1. The lowest BCUT2D eigenvalue weighted by atomic mass is 9.99. The van der Waals surface area contributed by atoms with Gasteiger partial charge in [-0.15, -0.1) is 0 Å². The number of morpholine rings is 1. The van der Waals surface area contributed by atoms with Crippen LogP contribution in [0.15, 0.2) is 46.2 Å². The van der Waals surface area contributed by atoms with Crippen LogP contribution in [0.3, 0.4) is 0 Å². The predicted molar refractivity (Wildman–Crippen MR) is 130 cm³/mol. The van der Waals surface area contributed by atoms with Gasteiger partial charge in [0.05, 0.1) is 34.7 Å². The van der Waals surface area contributed by atoms with Gasteiger partial charge in [0.1, 0.15) is 5.75 Å². The number of benzene rings is 2. The van der Waals surface area contributed by atoms with Gasteiger partial charge in [-0.2, -0.15) is 4.31 Å². The number of nitrogens with zero attached hydrogens (tertiary/aromatic N) is 2. The van der Waals surface area contributed by atoms with Gasteiger partial charge in [-0.3, -0.25) is 4.79 Å². The summed E-state index contributed by atoms with van der Waals surface area (Å²) >= 11 is 0. The maximum Gasteiger partial charge on any atom is 0.257 e. The van der Waals surface area contributed by atoms with E-state index in [0.717, 1.165) is 17.4 Å². The molecule has 190 valence electrons. The first-order valence-electron chi connectivity index (χ1n) is 11.5. The third-order valence-electron chi connectivity index (χ3n) is 6.06. The minimum Gasteiger partial charge on any atom is -0.490 e. The molecule has 0 atom stereocenters. The highest BCUT2D eigenvalue weighted by molar-refractivity contribution is 7.90. The molecule has 0 aliphatic carbocycles. The number of amides is 1. The third-order valence-corrected chi connectivity index (χ3v) is 9.06. The van der Waals surface area contributed by atoms with Crippen LogP contribution in [0.25, 0.3) is 0 Å². The molecule has 1 saturated heterocycles. The van der Waals surface area contributed by atoms with Crippen molar-refractivity contribution in [3.63, 3.8) is 0 Å². The third kappa shape index (κ3) is 5.53. The molecule has 0 unspecified atom stereocenters. The molecule has 35 heavy (non-hydrogen) atoms. The average Bonchev–Trinajstić information content (AvgIpc) is 2.82. The monoisotopic (exact) mass is 522 g/mol. The fraction of sp³-hybridized carbons (Fsp3) is 0.458. The number of fused-ring (bicyclic) bond motifs is 1. The second kappa shape index (κ2) is 9.88. The molecule has 0 aromatic heterocycles. The normalized spacial score (nSPS) is 17.3. The van der Waals surface area contributed by atoms with Crippen LogP contribution in [0.2, 0.25) is 0 Å². The van der Waals surface area contributed by atoms with Crippen LogP contribution in [0.1, 0.15) is 35.3 Å². The molecule has 2 heterocycles. The Morgan fingerprint density at radius 3 is 2.29 bits per heavy atom. The number of rotatable bonds is 6. The quantitative estimate of drug-likeness (QED) is 0.571. The molecule has 2 aromatic carbocycles. The van der Waals surface area contributed by atoms with Crippen LogP contribution in [-0.2, 0) is 37.6 Å². The number of sulfonamides is 1. The van der Waals surface area contributed by atoms with E-state index in [4.69, 9.17) is 9.47 Å². The summed E-state index contributed by atoms with van der Waals surface area (Å²) in [6.07, 6.45) is 1.44. The second-order valence-electron chi connectivity index (χ2n) is 9.02. The second-order valence-corrected chi connectivity index (χ2v) is 13.0. The van der Waals surface area contributed by atoms with Crippen LogP contribution >= 0.6 is 0 Å². The highest BCUT2D eigenvalue weighted by atomic mass is 32.2. The lowest BCUT2D eigenvalue weighted by Crippen LogP contribution is -2.41. The number of carbonyl (C=O) groups is 1. The van der Waals surface area contributed by atoms with E-state index in [2.05, 4.69) is 0 Å². The minimum absolute atomic E-state index is 0.0354. The molecule has 0 spiro atoms. The van der Waals surface area contributed by atoms with Gasteiger partial charge in [-0.1, -0.05) is 6.07 Å². The summed E-state index contributed by atoms with van der Waals surface area (Å²) in [5, 5.41) is 0. The van der Waals surface area contributed by atoms with E-state index in [1.165, 1.54) is 22.5 Å². The van der Waals surface area contributed by atoms with Crippen LogP contribution in [0, 0.1) is 0 Å². The summed E-state index contributed by atoms with van der Waals surface area (Å²) in [6, 6.07) is 9.35. The first-order valence-corrected chi connectivity index (χ1v) is 14.8. The maximum atomic E-state index is 13.5. The number of hydrogen-bond donors (Lipinski definition) is 0. The zero-order valence-electron chi connectivity index (χ0n) is 20.1. The van der Waals surface area contributed by atoms with Gasteiger partial charge in [0.2, 0.25) is 10.0 Å². The van der Waals surface area contributed by atoms with E-state index in [1.54, 1.807) is 17.0 Å². The van der Waals surface area contributed by atoms with Crippen molar-refractivity contribution in [1.82, 2.24) is 9.21 Å². The van der Waals surface area contributed by atoms with Crippen LogP contribution < -0.4 is 4.74 Å². The van der Waals surface area contributed by atoms with E-state index < -0.39 is 19.9 Å². The summed E-state index contributed by atoms with van der Waals surface area (Å²) in [7, 11) is -7.19. The molecule has 0 radical (unpaired) electrons. The molecule has 2 aliphatic rings. The van der Waals surface area contributed by atoms with Crippen LogP contribution in [0.5, 0.6) is 5.75 Å². The Balaban J connectivity index is 1.64. The summed E-state index contributed by atoms with van der Waals surface area (Å²) in [4.78, 5) is 15.4. The van der Waals surface area contributed by atoms with Crippen molar-refractivity contribution in [1.29, 1.82) is 0 Å². The van der Waals surface area contributed by atoms with Gasteiger partial charge in [-0.05, 0) is 61.7 Å². The zero-order chi connectivity index (χ0) is 25.4. The SMILES string of the molecule is CC(C)Oc1ccc(S(C)(=O)=O)cc1C(=O)N1CCc2ccc(S(=O)(=O)N3CCOCC3)cc2C1. The Bertz CT molecular complexity index is 1330. The zero-order valence-corrected chi connectivity index (χ0v) is 21.7. The average molecular weight is 523 g/mol. The van der Waals surface area contributed by atoms with Crippen LogP contribution in [-0.4, -0.2) is 77.2 Å². The summed E-state index contributed by atoms with van der Waals surface area (Å²) < 4.78 is 62.9. The van der Waals surface area contributed by atoms with Gasteiger partial charge in [-0.25, -0.2) is 16.8 Å². The standard InChI is InChI=1S/C24H30N2O7S2/c1-17(2)33-23-7-6-20(34(3,28)29)15-22(23)24(27)25-9-8-18-4-5-21(14-19(18)16-25)35(30,31)26-10-12-32-13-11-26/h4-7,14-15,17H,8-13,16H2,1-3H3. The molecule has 2 aliphatic heterocycles. The first kappa shape index (κ1) is 25.6. The molecule has 4 rings (SSSR count). The van der Waals surface area contributed by atoms with Crippen LogP contribution in [0.4, 0.5) is 0 Å². The fourth-order valence-corrected chi connectivity index (χ4v) is 6.34. The van der Waals surface area contributed by atoms with Crippen molar-refractivity contribution in [2.45, 2.75) is 42.7 Å². The van der Waals surface area contributed by atoms with E-state index >= 15 is 0 Å². The Kier molecular flexibility index (Phi) is 7.23. The summed E-state index contributed by atoms with van der Waals surface area (Å²) in [5.74, 6) is -0.0508. The number of hydrogen-bond acceptors (Lipinski definition) is 7. The molecule has 0 bridgehead atoms. The van der Waals surface area contributed by atoms with Gasteiger partial charge >= 0.3 is 0 Å². The summed E-state index contributed by atoms with van der Waals surface area (Å²) in [6.45, 7) is 5.62. The first-order chi connectivity index (χ1) is 16.5. The molecule has 2 aromatic rings. The largest absolute Gasteiger partial charge is 0.490 e. The Hall–Kier alpha value is -2.47. The van der Waals surface area contributed by atoms with Gasteiger partial charge < -0.3 is 14.4 Å². The Labute approximate surface area is 206 Å². The van der Waals surface area contributed by atoms with E-state index in [0.29, 0.717) is 45.0 Å². The van der Waals surface area contributed by atoms with Crippen molar-refractivity contribution in [3.05, 3.63) is 53.1 Å². The molecule has 0 saturated carbocycles. The van der Waals surface area contributed by atoms with Gasteiger partial charge in [0.15, 0.2) is 9.84 Å². The molecular weight excluding hydrogens is 492 g/mol. The Morgan fingerprint density at radius 2 is 1.63 bits per heavy atom. The Morgan fingerprint density at radius 1 is 0.943 bits per heavy atom. The smallest absolute Gasteiger partial charge is 0.257 e. The van der Waals surface area contributed by atoms with Crippen molar-refractivity contribution >= 4 is 25.8 Å². The lowest BCUT2D eigenvalue weighted by molar-refractivity contribution is 0.0725. The topological polar surface area (TPSA) is 110 Å². The highest BCUT2D eigenvalue weighted by Gasteiger charge is 2.30. The van der Waals surface area contributed by atoms with E-state index in [9.17, 15) is 21.6 Å². The summed E-state index contributed by atoms with van der Waals surface area (Å²) in [5.41, 5.74) is 1.91. The molecule has 1 amide bonds. The number of ether oxygens (including phenoxy) is 2. The van der Waals surface area contributed by atoms with E-state index in [1.807, 2.05) is 19.9 Å². The van der Waals surface area contributed by atoms with Gasteiger partial charge in [0, 0.05) is 32.4 Å². The highest BCUT2D eigenvalue weighted by Crippen LogP contribution is 2.29. The fourth-order valence-electron chi connectivity index (χ4n) is 4.24. The van der Waals surface area contributed by atoms with Gasteiger partial charge in [0.25, 0.3) is 5.91 Å². The molecule has 9 nitrogen and oxygen atoms in total. The number of carbonyl (C=O) groups excluding carboxylic acids is 1. The molecule has 0 N–H and O–H groups in total. The molecular formula is C24H30N2O7S2. The molecule has 1 fully saturated rings. The maximum absolute atomic E-state index is 13.5. The van der Waals surface area contributed by atoms with Crippen molar-refractivity contribution in [3.8, 4) is 5.75 Å².